The summed E-state index contributed by atoms with van der Waals surface area (Å²) in [5, 5.41) is 3.97. The van der Waals surface area contributed by atoms with Crippen LogP contribution in [0.1, 0.15) is 37.8 Å². The number of hydrogen-bond acceptors (Lipinski definition) is 3. The fraction of sp³-hybridized carbons (Fsp3) is 0.417. The van der Waals surface area contributed by atoms with Crippen LogP contribution >= 0.6 is 35.0 Å². The van der Waals surface area contributed by atoms with Gasteiger partial charge >= 0.3 is 0 Å². The molecule has 0 saturated heterocycles. The molecule has 31 heavy (non-hydrogen) atoms. The lowest BCUT2D eigenvalue weighted by atomic mass is 10.1. The normalized spacial score (nSPS) is 11.7. The van der Waals surface area contributed by atoms with Crippen molar-refractivity contribution in [3.8, 4) is 0 Å². The summed E-state index contributed by atoms with van der Waals surface area (Å²) in [6, 6.07) is 15.1. The molecular formula is C24H30Cl2N2O2S. The molecule has 1 unspecified atom stereocenters. The maximum Gasteiger partial charge on any atom is 0.242 e. The summed E-state index contributed by atoms with van der Waals surface area (Å²) in [5.41, 5.74) is 2.16. The zero-order chi connectivity index (χ0) is 22.6. The zero-order valence-electron chi connectivity index (χ0n) is 18.1. The summed E-state index contributed by atoms with van der Waals surface area (Å²) in [4.78, 5) is 27.6. The molecule has 0 aliphatic carbocycles. The van der Waals surface area contributed by atoms with Gasteiger partial charge in [0.25, 0.3) is 0 Å². The van der Waals surface area contributed by atoms with Crippen molar-refractivity contribution in [2.45, 2.75) is 44.9 Å². The summed E-state index contributed by atoms with van der Waals surface area (Å²) in [5.74, 6) is 0.834. The van der Waals surface area contributed by atoms with E-state index in [0.717, 1.165) is 17.5 Å². The highest BCUT2D eigenvalue weighted by atomic mass is 35.5. The largest absolute Gasteiger partial charge is 0.354 e. The summed E-state index contributed by atoms with van der Waals surface area (Å²) in [6.45, 7) is 5.08. The number of hydrogen-bond donors (Lipinski definition) is 1. The second kappa shape index (κ2) is 13.7. The number of nitrogens with zero attached hydrogens (tertiary/aromatic N) is 1. The minimum atomic E-state index is -0.465. The molecule has 2 rings (SSSR count). The van der Waals surface area contributed by atoms with Gasteiger partial charge in [-0.1, -0.05) is 73.4 Å². The molecule has 2 aromatic carbocycles. The summed E-state index contributed by atoms with van der Waals surface area (Å²) >= 11 is 13.6. The van der Waals surface area contributed by atoms with Gasteiger partial charge in [-0.25, -0.2) is 0 Å². The van der Waals surface area contributed by atoms with Gasteiger partial charge in [0, 0.05) is 18.8 Å². The maximum absolute atomic E-state index is 13.1. The van der Waals surface area contributed by atoms with Crippen molar-refractivity contribution < 1.29 is 9.59 Å². The fourth-order valence-electron chi connectivity index (χ4n) is 3.23. The van der Waals surface area contributed by atoms with Crippen LogP contribution in [0.5, 0.6) is 0 Å². The first-order valence-electron chi connectivity index (χ1n) is 10.6. The van der Waals surface area contributed by atoms with Gasteiger partial charge in [0.05, 0.1) is 15.8 Å². The van der Waals surface area contributed by atoms with Gasteiger partial charge in [0.1, 0.15) is 6.04 Å². The van der Waals surface area contributed by atoms with Crippen molar-refractivity contribution in [2.75, 3.05) is 18.8 Å². The number of carbonyl (C=O) groups is 2. The third kappa shape index (κ3) is 8.40. The molecule has 0 spiro atoms. The van der Waals surface area contributed by atoms with Gasteiger partial charge in [-0.3, -0.25) is 9.59 Å². The van der Waals surface area contributed by atoms with Crippen molar-refractivity contribution in [1.82, 2.24) is 10.2 Å². The third-order valence-electron chi connectivity index (χ3n) is 4.90. The smallest absolute Gasteiger partial charge is 0.242 e. The Balaban J connectivity index is 2.04. The number of halogens is 2. The highest BCUT2D eigenvalue weighted by Gasteiger charge is 2.27. The van der Waals surface area contributed by atoms with E-state index >= 15 is 0 Å². The Morgan fingerprint density at radius 1 is 1.03 bits per heavy atom. The molecule has 0 heterocycles. The highest BCUT2D eigenvalue weighted by Crippen LogP contribution is 2.25. The van der Waals surface area contributed by atoms with Crippen LogP contribution in [-0.2, 0) is 21.8 Å². The first-order chi connectivity index (χ1) is 15.0. The van der Waals surface area contributed by atoms with E-state index in [1.54, 1.807) is 11.0 Å². The quantitative estimate of drug-likeness (QED) is 0.429. The van der Waals surface area contributed by atoms with Gasteiger partial charge in [-0.15, -0.1) is 11.8 Å². The summed E-state index contributed by atoms with van der Waals surface area (Å²) in [7, 11) is 0. The van der Waals surface area contributed by atoms with Crippen molar-refractivity contribution >= 4 is 46.8 Å². The standard InChI is InChI=1S/C24H30Cl2N2O2S/c1-3-13-27-24(30)22(4-2)28(14-12-18-8-6-5-7-9-18)23(29)17-31-16-19-10-11-20(25)21(26)15-19/h5-11,15,22H,3-4,12-14,16-17H2,1-2H3,(H,27,30). The van der Waals surface area contributed by atoms with Crippen LogP contribution in [0.2, 0.25) is 10.0 Å². The zero-order valence-corrected chi connectivity index (χ0v) is 20.4. The minimum absolute atomic E-state index is 0.0282. The second-order valence-electron chi connectivity index (χ2n) is 7.28. The van der Waals surface area contributed by atoms with Crippen molar-refractivity contribution in [3.05, 3.63) is 69.7 Å². The molecule has 0 aliphatic rings. The Kier molecular flexibility index (Phi) is 11.3. The van der Waals surface area contributed by atoms with E-state index in [2.05, 4.69) is 5.32 Å². The Labute approximate surface area is 199 Å². The molecule has 4 nitrogen and oxygen atoms in total. The molecule has 1 N–H and O–H groups in total. The third-order valence-corrected chi connectivity index (χ3v) is 6.63. The van der Waals surface area contributed by atoms with Gasteiger partial charge in [-0.2, -0.15) is 0 Å². The van der Waals surface area contributed by atoms with Crippen molar-refractivity contribution in [2.24, 2.45) is 0 Å². The van der Waals surface area contributed by atoms with Crippen LogP contribution in [-0.4, -0.2) is 41.6 Å². The van der Waals surface area contributed by atoms with E-state index in [-0.39, 0.29) is 11.8 Å². The Morgan fingerprint density at radius 2 is 1.77 bits per heavy atom. The number of thioether (sulfide) groups is 1. The maximum atomic E-state index is 13.1. The van der Waals surface area contributed by atoms with E-state index in [1.165, 1.54) is 11.8 Å². The minimum Gasteiger partial charge on any atom is -0.354 e. The number of benzene rings is 2. The topological polar surface area (TPSA) is 49.4 Å². The van der Waals surface area contributed by atoms with Crippen molar-refractivity contribution in [1.29, 1.82) is 0 Å². The molecular weight excluding hydrogens is 451 g/mol. The summed E-state index contributed by atoms with van der Waals surface area (Å²) < 4.78 is 0. The Bertz CT molecular complexity index is 849. The van der Waals surface area contributed by atoms with Crippen molar-refractivity contribution in [3.63, 3.8) is 0 Å². The van der Waals surface area contributed by atoms with E-state index < -0.39 is 6.04 Å². The van der Waals surface area contributed by atoms with Gasteiger partial charge in [0.15, 0.2) is 0 Å². The molecule has 2 amide bonds. The molecule has 0 aromatic heterocycles. The SMILES string of the molecule is CCCNC(=O)C(CC)N(CCc1ccccc1)C(=O)CSCc1ccc(Cl)c(Cl)c1. The fourth-order valence-corrected chi connectivity index (χ4v) is 4.41. The molecule has 0 radical (unpaired) electrons. The second-order valence-corrected chi connectivity index (χ2v) is 9.08. The first-order valence-corrected chi connectivity index (χ1v) is 12.5. The average Bonchev–Trinajstić information content (AvgIpc) is 2.78. The molecule has 0 aliphatic heterocycles. The molecule has 0 fully saturated rings. The molecule has 1 atom stereocenters. The average molecular weight is 481 g/mol. The lowest BCUT2D eigenvalue weighted by Crippen LogP contribution is -2.50. The van der Waals surface area contributed by atoms with E-state index in [1.807, 2.05) is 56.3 Å². The molecule has 7 heteroatoms. The predicted octanol–water partition coefficient (Wildman–Crippen LogP) is 5.60. The van der Waals surface area contributed by atoms with Gasteiger partial charge in [0.2, 0.25) is 11.8 Å². The first kappa shape index (κ1) is 25.6. The van der Waals surface area contributed by atoms with Crippen LogP contribution in [0.25, 0.3) is 0 Å². The van der Waals surface area contributed by atoms with E-state index in [9.17, 15) is 9.59 Å². The number of carbonyl (C=O) groups excluding carboxylic acids is 2. The van der Waals surface area contributed by atoms with Crippen LogP contribution in [0.15, 0.2) is 48.5 Å². The molecule has 168 valence electrons. The van der Waals surface area contributed by atoms with Crippen LogP contribution in [0.4, 0.5) is 0 Å². The van der Waals surface area contributed by atoms with Gasteiger partial charge < -0.3 is 10.2 Å². The Morgan fingerprint density at radius 3 is 2.42 bits per heavy atom. The Hall–Kier alpha value is -1.69. The van der Waals surface area contributed by atoms with Gasteiger partial charge in [-0.05, 0) is 42.5 Å². The molecule has 2 aromatic rings. The van der Waals surface area contributed by atoms with Crippen LogP contribution in [0, 0.1) is 0 Å². The molecule has 0 saturated carbocycles. The van der Waals surface area contributed by atoms with Crippen LogP contribution in [0.3, 0.4) is 0 Å². The number of rotatable bonds is 12. The number of nitrogens with one attached hydrogen (secondary N) is 1. The van der Waals surface area contributed by atoms with E-state index in [0.29, 0.717) is 47.5 Å². The van der Waals surface area contributed by atoms with E-state index in [4.69, 9.17) is 23.2 Å². The summed E-state index contributed by atoms with van der Waals surface area (Å²) in [6.07, 6.45) is 2.15. The highest BCUT2D eigenvalue weighted by molar-refractivity contribution is 7.99. The number of amides is 2. The molecule has 0 bridgehead atoms. The lowest BCUT2D eigenvalue weighted by Gasteiger charge is -2.30. The lowest BCUT2D eigenvalue weighted by molar-refractivity contribution is -0.138. The predicted molar refractivity (Wildman–Crippen MR) is 132 cm³/mol. The monoisotopic (exact) mass is 480 g/mol. The van der Waals surface area contributed by atoms with Crippen LogP contribution < -0.4 is 5.32 Å².